The lowest BCUT2D eigenvalue weighted by Crippen LogP contribution is -2.11. The van der Waals surface area contributed by atoms with Gasteiger partial charge in [0.1, 0.15) is 18.3 Å². The van der Waals surface area contributed by atoms with Crippen LogP contribution in [0.25, 0.3) is 0 Å². The van der Waals surface area contributed by atoms with Crippen LogP contribution in [0.1, 0.15) is 25.3 Å². The average Bonchev–Trinajstić information content (AvgIpc) is 2.40. The topological polar surface area (TPSA) is 117 Å². The first kappa shape index (κ1) is 16.2. The molecule has 0 aliphatic heterocycles. The molecule has 0 spiro atoms. The number of hydrogen-bond acceptors (Lipinski definition) is 7. The lowest BCUT2D eigenvalue weighted by Gasteiger charge is -2.16. The van der Waals surface area contributed by atoms with Crippen LogP contribution in [0.3, 0.4) is 0 Å². The smallest absolute Gasteiger partial charge is 0.222 e. The van der Waals surface area contributed by atoms with Gasteiger partial charge in [0.2, 0.25) is 5.95 Å². The molecule has 0 aliphatic carbocycles. The maximum Gasteiger partial charge on any atom is 0.222 e. The minimum Gasteiger partial charge on any atom is -0.451 e. The highest BCUT2D eigenvalue weighted by atomic mass is 31.2. The van der Waals surface area contributed by atoms with Gasteiger partial charge in [0.25, 0.3) is 0 Å². The fraction of sp³-hybridized carbons (Fsp3) is 0.357. The SMILES string of the molecule is CC(C)c1cnc(P(C)(C)=O)cc1Oc1cnc(N)nc1N. The van der Waals surface area contributed by atoms with Crippen LogP contribution in [-0.2, 0) is 4.57 Å². The third-order valence-corrected chi connectivity index (χ3v) is 4.42. The predicted molar refractivity (Wildman–Crippen MR) is 88.3 cm³/mol. The summed E-state index contributed by atoms with van der Waals surface area (Å²) in [5, 5.41) is 0. The van der Waals surface area contributed by atoms with E-state index in [2.05, 4.69) is 15.0 Å². The summed E-state index contributed by atoms with van der Waals surface area (Å²) in [7, 11) is -2.49. The Morgan fingerprint density at radius 3 is 2.36 bits per heavy atom. The molecule has 0 aliphatic rings. The molecular weight excluding hydrogens is 301 g/mol. The van der Waals surface area contributed by atoms with Gasteiger partial charge in [0.15, 0.2) is 11.6 Å². The second-order valence-corrected chi connectivity index (χ2v) is 8.83. The maximum atomic E-state index is 12.2. The van der Waals surface area contributed by atoms with Crippen molar-refractivity contribution in [2.24, 2.45) is 0 Å². The van der Waals surface area contributed by atoms with Crippen molar-refractivity contribution in [2.75, 3.05) is 24.8 Å². The van der Waals surface area contributed by atoms with Crippen LogP contribution in [0, 0.1) is 0 Å². The van der Waals surface area contributed by atoms with Crippen LogP contribution in [0.2, 0.25) is 0 Å². The van der Waals surface area contributed by atoms with E-state index in [1.165, 1.54) is 6.20 Å². The molecule has 2 heterocycles. The van der Waals surface area contributed by atoms with Crippen molar-refractivity contribution in [3.05, 3.63) is 24.0 Å². The highest BCUT2D eigenvalue weighted by molar-refractivity contribution is 7.69. The molecule has 7 nitrogen and oxygen atoms in total. The van der Waals surface area contributed by atoms with Crippen LogP contribution < -0.4 is 21.6 Å². The highest BCUT2D eigenvalue weighted by Gasteiger charge is 2.19. The number of ether oxygens (including phenoxy) is 1. The van der Waals surface area contributed by atoms with Crippen LogP contribution >= 0.6 is 7.14 Å². The number of nitrogen functional groups attached to an aromatic ring is 2. The largest absolute Gasteiger partial charge is 0.451 e. The Hall–Kier alpha value is -2.14. The molecule has 118 valence electrons. The molecule has 0 saturated carbocycles. The van der Waals surface area contributed by atoms with E-state index in [4.69, 9.17) is 16.2 Å². The van der Waals surface area contributed by atoms with E-state index < -0.39 is 7.14 Å². The lowest BCUT2D eigenvalue weighted by atomic mass is 10.1. The Kier molecular flexibility index (Phi) is 4.37. The zero-order valence-corrected chi connectivity index (χ0v) is 14.0. The van der Waals surface area contributed by atoms with Gasteiger partial charge in [-0.15, -0.1) is 0 Å². The van der Waals surface area contributed by atoms with Crippen molar-refractivity contribution in [3.63, 3.8) is 0 Å². The summed E-state index contributed by atoms with van der Waals surface area (Å²) in [6.07, 6.45) is 3.10. The monoisotopic (exact) mass is 321 g/mol. The van der Waals surface area contributed by atoms with Crippen LogP contribution in [0.4, 0.5) is 11.8 Å². The van der Waals surface area contributed by atoms with Gasteiger partial charge in [-0.2, -0.15) is 4.98 Å². The zero-order chi connectivity index (χ0) is 16.5. The standard InChI is InChI=1S/C14H20N5O2P/c1-8(2)9-6-17-12(22(3,4)20)5-10(9)21-11-7-18-14(16)19-13(11)15/h5-8H,1-4H3,(H4,15,16,18,19). The summed E-state index contributed by atoms with van der Waals surface area (Å²) in [6, 6.07) is 1.69. The van der Waals surface area contributed by atoms with Crippen molar-refractivity contribution < 1.29 is 9.30 Å². The Morgan fingerprint density at radius 2 is 1.82 bits per heavy atom. The predicted octanol–water partition coefficient (Wildman–Crippen LogP) is 2.20. The fourth-order valence-corrected chi connectivity index (χ4v) is 2.61. The molecule has 2 rings (SSSR count). The van der Waals surface area contributed by atoms with Gasteiger partial charge >= 0.3 is 0 Å². The van der Waals surface area contributed by atoms with E-state index in [0.717, 1.165) is 5.56 Å². The van der Waals surface area contributed by atoms with Crippen molar-refractivity contribution in [2.45, 2.75) is 19.8 Å². The minimum absolute atomic E-state index is 0.0796. The Bertz CT molecular complexity index is 742. The Labute approximate surface area is 129 Å². The summed E-state index contributed by atoms with van der Waals surface area (Å²) in [5.74, 6) is 1.26. The second kappa shape index (κ2) is 5.93. The molecule has 2 aromatic rings. The fourth-order valence-electron chi connectivity index (χ4n) is 1.85. The molecule has 0 atom stereocenters. The zero-order valence-electron chi connectivity index (χ0n) is 13.1. The average molecular weight is 321 g/mol. The molecule has 4 N–H and O–H groups in total. The molecule has 2 aromatic heterocycles. The normalized spacial score (nSPS) is 11.7. The minimum atomic E-state index is -2.49. The van der Waals surface area contributed by atoms with Crippen molar-refractivity contribution in [1.29, 1.82) is 0 Å². The van der Waals surface area contributed by atoms with Crippen molar-refractivity contribution >= 4 is 24.3 Å². The summed E-state index contributed by atoms with van der Waals surface area (Å²) < 4.78 is 18.1. The number of nitrogens with zero attached hydrogens (tertiary/aromatic N) is 3. The van der Waals surface area contributed by atoms with Crippen LogP contribution in [-0.4, -0.2) is 28.3 Å². The summed E-state index contributed by atoms with van der Waals surface area (Å²) in [6.45, 7) is 7.36. The third-order valence-electron chi connectivity index (χ3n) is 3.08. The van der Waals surface area contributed by atoms with Gasteiger partial charge in [-0.25, -0.2) is 4.98 Å². The van der Waals surface area contributed by atoms with E-state index in [0.29, 0.717) is 16.9 Å². The molecule has 22 heavy (non-hydrogen) atoms. The van der Waals surface area contributed by atoms with E-state index >= 15 is 0 Å². The van der Waals surface area contributed by atoms with Crippen LogP contribution in [0.5, 0.6) is 11.5 Å². The summed E-state index contributed by atoms with van der Waals surface area (Å²) in [5.41, 5.74) is 12.7. The summed E-state index contributed by atoms with van der Waals surface area (Å²) in [4.78, 5) is 12.0. The number of pyridine rings is 1. The Balaban J connectivity index is 2.49. The molecular formula is C14H20N5O2P. The molecule has 0 radical (unpaired) electrons. The van der Waals surface area contributed by atoms with E-state index in [1.807, 2.05) is 13.8 Å². The van der Waals surface area contributed by atoms with Gasteiger partial charge in [-0.05, 0) is 19.2 Å². The van der Waals surface area contributed by atoms with Gasteiger partial charge in [-0.1, -0.05) is 13.8 Å². The molecule has 0 amide bonds. The third kappa shape index (κ3) is 3.54. The van der Waals surface area contributed by atoms with Gasteiger partial charge in [0.05, 0.1) is 6.20 Å². The van der Waals surface area contributed by atoms with E-state index in [9.17, 15) is 4.57 Å². The number of anilines is 2. The Morgan fingerprint density at radius 1 is 1.14 bits per heavy atom. The van der Waals surface area contributed by atoms with Gasteiger partial charge in [0, 0.05) is 17.8 Å². The maximum absolute atomic E-state index is 12.2. The van der Waals surface area contributed by atoms with Crippen molar-refractivity contribution in [1.82, 2.24) is 15.0 Å². The lowest BCUT2D eigenvalue weighted by molar-refractivity contribution is 0.471. The molecule has 0 unspecified atom stereocenters. The van der Waals surface area contributed by atoms with E-state index in [1.54, 1.807) is 25.6 Å². The van der Waals surface area contributed by atoms with Crippen molar-refractivity contribution in [3.8, 4) is 11.5 Å². The number of hydrogen-bond donors (Lipinski definition) is 2. The summed E-state index contributed by atoms with van der Waals surface area (Å²) >= 11 is 0. The number of nitrogens with two attached hydrogens (primary N) is 2. The first-order valence-electron chi connectivity index (χ1n) is 6.80. The van der Waals surface area contributed by atoms with Gasteiger partial charge in [-0.3, -0.25) is 4.98 Å². The quantitative estimate of drug-likeness (QED) is 0.829. The molecule has 0 bridgehead atoms. The molecule has 0 saturated heterocycles. The first-order chi connectivity index (χ1) is 10.2. The van der Waals surface area contributed by atoms with Gasteiger partial charge < -0.3 is 20.8 Å². The van der Waals surface area contributed by atoms with Crippen LogP contribution in [0.15, 0.2) is 18.5 Å². The molecule has 0 fully saturated rings. The second-order valence-electron chi connectivity index (χ2n) is 5.67. The number of aromatic nitrogens is 3. The molecule has 0 aromatic carbocycles. The highest BCUT2D eigenvalue weighted by Crippen LogP contribution is 2.38. The molecule has 8 heteroatoms. The number of rotatable bonds is 4. The van der Waals surface area contributed by atoms with E-state index in [-0.39, 0.29) is 17.7 Å². The first-order valence-corrected chi connectivity index (χ1v) is 9.40.